The Morgan fingerprint density at radius 1 is 1.38 bits per heavy atom. The van der Waals surface area contributed by atoms with Crippen molar-refractivity contribution in [2.45, 2.75) is 19.4 Å². The molecule has 2 aromatic rings. The number of morpholine rings is 1. The molecule has 1 aliphatic rings. The first kappa shape index (κ1) is 13.8. The van der Waals surface area contributed by atoms with E-state index in [1.165, 1.54) is 0 Å². The molecule has 1 fully saturated rings. The highest BCUT2D eigenvalue weighted by Crippen LogP contribution is 2.14. The number of carbonyl (C=O) groups excluding carboxylic acids is 1. The number of rotatable bonds is 3. The summed E-state index contributed by atoms with van der Waals surface area (Å²) in [5, 5.41) is 4.28. The van der Waals surface area contributed by atoms with E-state index in [9.17, 15) is 4.79 Å². The second kappa shape index (κ2) is 6.10. The highest BCUT2D eigenvalue weighted by molar-refractivity contribution is 5.93. The van der Waals surface area contributed by atoms with Crippen LogP contribution in [-0.4, -0.2) is 46.4 Å². The van der Waals surface area contributed by atoms with Gasteiger partial charge < -0.3 is 9.64 Å². The largest absolute Gasteiger partial charge is 0.375 e. The molecule has 1 aromatic heterocycles. The predicted molar refractivity (Wildman–Crippen MR) is 79.5 cm³/mol. The van der Waals surface area contributed by atoms with Crippen LogP contribution >= 0.6 is 0 Å². The number of ether oxygens (including phenoxy) is 1. The van der Waals surface area contributed by atoms with E-state index >= 15 is 0 Å². The quantitative estimate of drug-likeness (QED) is 0.868. The van der Waals surface area contributed by atoms with E-state index in [2.05, 4.69) is 12.0 Å². The predicted octanol–water partition coefficient (Wildman–Crippen LogP) is 2.12. The van der Waals surface area contributed by atoms with Gasteiger partial charge in [0.25, 0.3) is 5.91 Å². The van der Waals surface area contributed by atoms with Crippen molar-refractivity contribution in [2.24, 2.45) is 0 Å². The van der Waals surface area contributed by atoms with Crippen LogP contribution in [0.2, 0.25) is 0 Å². The maximum atomic E-state index is 12.5. The second-order valence-electron chi connectivity index (χ2n) is 5.16. The van der Waals surface area contributed by atoms with Gasteiger partial charge in [0.2, 0.25) is 0 Å². The number of hydrogen-bond donors (Lipinski definition) is 0. The summed E-state index contributed by atoms with van der Waals surface area (Å²) < 4.78 is 7.33. The molecule has 0 N–H and O–H groups in total. The van der Waals surface area contributed by atoms with E-state index in [0.29, 0.717) is 25.3 Å². The van der Waals surface area contributed by atoms with Crippen molar-refractivity contribution in [3.63, 3.8) is 0 Å². The Morgan fingerprint density at radius 2 is 2.19 bits per heavy atom. The van der Waals surface area contributed by atoms with Crippen LogP contribution in [0.4, 0.5) is 0 Å². The SMILES string of the molecule is CCC1CN(C(=O)c2cnn(-c3ccccc3)c2)CCO1. The smallest absolute Gasteiger partial charge is 0.257 e. The van der Waals surface area contributed by atoms with Gasteiger partial charge in [-0.05, 0) is 18.6 Å². The lowest BCUT2D eigenvalue weighted by Gasteiger charge is -2.32. The number of hydrogen-bond acceptors (Lipinski definition) is 3. The molecule has 1 amide bonds. The van der Waals surface area contributed by atoms with Gasteiger partial charge in [-0.1, -0.05) is 25.1 Å². The summed E-state index contributed by atoms with van der Waals surface area (Å²) in [6.07, 6.45) is 4.49. The summed E-state index contributed by atoms with van der Waals surface area (Å²) in [4.78, 5) is 14.4. The number of aromatic nitrogens is 2. The first-order valence-corrected chi connectivity index (χ1v) is 7.29. The van der Waals surface area contributed by atoms with Crippen LogP contribution in [0.3, 0.4) is 0 Å². The zero-order chi connectivity index (χ0) is 14.7. The fraction of sp³-hybridized carbons (Fsp3) is 0.375. The molecule has 0 spiro atoms. The highest BCUT2D eigenvalue weighted by atomic mass is 16.5. The number of amides is 1. The second-order valence-corrected chi connectivity index (χ2v) is 5.16. The fourth-order valence-corrected chi connectivity index (χ4v) is 2.49. The van der Waals surface area contributed by atoms with Crippen LogP contribution in [0.15, 0.2) is 42.7 Å². The Kier molecular flexibility index (Phi) is 4.01. The lowest BCUT2D eigenvalue weighted by atomic mass is 10.2. The summed E-state index contributed by atoms with van der Waals surface area (Å²) in [7, 11) is 0. The molecule has 0 aliphatic carbocycles. The Balaban J connectivity index is 1.75. The zero-order valence-corrected chi connectivity index (χ0v) is 12.1. The average Bonchev–Trinajstić information content (AvgIpc) is 3.05. The van der Waals surface area contributed by atoms with E-state index in [0.717, 1.165) is 12.1 Å². The molecule has 110 valence electrons. The summed E-state index contributed by atoms with van der Waals surface area (Å²) in [5.74, 6) is 0.0268. The normalized spacial score (nSPS) is 18.7. The Labute approximate surface area is 124 Å². The van der Waals surface area contributed by atoms with Gasteiger partial charge in [-0.25, -0.2) is 4.68 Å². The van der Waals surface area contributed by atoms with E-state index < -0.39 is 0 Å². The van der Waals surface area contributed by atoms with Gasteiger partial charge in [0, 0.05) is 19.3 Å². The molecule has 1 unspecified atom stereocenters. The Bertz CT molecular complexity index is 609. The third-order valence-electron chi connectivity index (χ3n) is 3.73. The van der Waals surface area contributed by atoms with E-state index in [4.69, 9.17) is 4.74 Å². The van der Waals surface area contributed by atoms with Crippen LogP contribution in [0.1, 0.15) is 23.7 Å². The van der Waals surface area contributed by atoms with Crippen LogP contribution in [0.25, 0.3) is 5.69 Å². The minimum Gasteiger partial charge on any atom is -0.375 e. The van der Waals surface area contributed by atoms with Gasteiger partial charge in [0.1, 0.15) is 0 Å². The van der Waals surface area contributed by atoms with Crippen molar-refractivity contribution >= 4 is 5.91 Å². The van der Waals surface area contributed by atoms with Crippen LogP contribution in [-0.2, 0) is 4.74 Å². The van der Waals surface area contributed by atoms with Gasteiger partial charge in [0.05, 0.1) is 30.2 Å². The molecule has 1 aromatic carbocycles. The summed E-state index contributed by atoms with van der Waals surface area (Å²) >= 11 is 0. The molecule has 2 heterocycles. The van der Waals surface area contributed by atoms with Crippen molar-refractivity contribution in [2.75, 3.05) is 19.7 Å². The van der Waals surface area contributed by atoms with Crippen LogP contribution in [0.5, 0.6) is 0 Å². The molecule has 3 rings (SSSR count). The van der Waals surface area contributed by atoms with E-state index in [1.54, 1.807) is 17.1 Å². The zero-order valence-electron chi connectivity index (χ0n) is 12.1. The Morgan fingerprint density at radius 3 is 2.95 bits per heavy atom. The molecular weight excluding hydrogens is 266 g/mol. The molecule has 0 radical (unpaired) electrons. The van der Waals surface area contributed by atoms with Crippen molar-refractivity contribution in [1.82, 2.24) is 14.7 Å². The molecule has 0 saturated carbocycles. The molecule has 1 aliphatic heterocycles. The van der Waals surface area contributed by atoms with Gasteiger partial charge in [-0.3, -0.25) is 4.79 Å². The molecular formula is C16H19N3O2. The Hall–Kier alpha value is -2.14. The summed E-state index contributed by atoms with van der Waals surface area (Å²) in [5.41, 5.74) is 1.57. The molecule has 1 atom stereocenters. The maximum absolute atomic E-state index is 12.5. The van der Waals surface area contributed by atoms with Crippen molar-refractivity contribution in [1.29, 1.82) is 0 Å². The number of benzene rings is 1. The summed E-state index contributed by atoms with van der Waals surface area (Å²) in [6.45, 7) is 3.99. The molecule has 5 heteroatoms. The minimum absolute atomic E-state index is 0.0268. The van der Waals surface area contributed by atoms with Crippen molar-refractivity contribution < 1.29 is 9.53 Å². The summed E-state index contributed by atoms with van der Waals surface area (Å²) in [6, 6.07) is 9.78. The van der Waals surface area contributed by atoms with Crippen LogP contribution in [0, 0.1) is 0 Å². The van der Waals surface area contributed by atoms with E-state index in [-0.39, 0.29) is 12.0 Å². The van der Waals surface area contributed by atoms with Gasteiger partial charge in [0.15, 0.2) is 0 Å². The molecule has 1 saturated heterocycles. The van der Waals surface area contributed by atoms with Gasteiger partial charge in [-0.2, -0.15) is 5.10 Å². The standard InChI is InChI=1S/C16H19N3O2/c1-2-15-12-18(8-9-21-15)16(20)13-10-17-19(11-13)14-6-4-3-5-7-14/h3-7,10-11,15H,2,8-9,12H2,1H3. The fourth-order valence-electron chi connectivity index (χ4n) is 2.49. The number of nitrogens with zero attached hydrogens (tertiary/aromatic N) is 3. The lowest BCUT2D eigenvalue weighted by Crippen LogP contribution is -2.45. The third-order valence-corrected chi connectivity index (χ3v) is 3.73. The number of carbonyl (C=O) groups is 1. The van der Waals surface area contributed by atoms with Gasteiger partial charge in [-0.15, -0.1) is 0 Å². The molecule has 21 heavy (non-hydrogen) atoms. The van der Waals surface area contributed by atoms with Crippen LogP contribution < -0.4 is 0 Å². The highest BCUT2D eigenvalue weighted by Gasteiger charge is 2.24. The van der Waals surface area contributed by atoms with E-state index in [1.807, 2.05) is 35.2 Å². The molecule has 5 nitrogen and oxygen atoms in total. The topological polar surface area (TPSA) is 47.4 Å². The maximum Gasteiger partial charge on any atom is 0.257 e. The van der Waals surface area contributed by atoms with Crippen molar-refractivity contribution in [3.05, 3.63) is 48.3 Å². The van der Waals surface area contributed by atoms with Gasteiger partial charge >= 0.3 is 0 Å². The third kappa shape index (κ3) is 2.97. The first-order chi connectivity index (χ1) is 10.3. The lowest BCUT2D eigenvalue weighted by molar-refractivity contribution is -0.0226. The van der Waals surface area contributed by atoms with Crippen molar-refractivity contribution in [3.8, 4) is 5.69 Å². The average molecular weight is 285 g/mol. The molecule has 0 bridgehead atoms. The minimum atomic E-state index is 0.0268. The monoisotopic (exact) mass is 285 g/mol. The first-order valence-electron chi connectivity index (χ1n) is 7.29. The number of para-hydroxylation sites is 1.